The van der Waals surface area contributed by atoms with Gasteiger partial charge in [-0.2, -0.15) is 5.10 Å². The zero-order valence-electron chi connectivity index (χ0n) is 11.8. The van der Waals surface area contributed by atoms with Gasteiger partial charge in [0.2, 0.25) is 0 Å². The van der Waals surface area contributed by atoms with Gasteiger partial charge in [0.1, 0.15) is 11.9 Å². The standard InChI is InChI=1S/C13H13N5O2S/c1-7-4-9(8(2)21-7)11(19)6-18-13(20)10-5-14-17(3)12(10)15-16-18/h4-5H,6H2,1-3H3. The number of thiophene rings is 1. The van der Waals surface area contributed by atoms with Crippen LogP contribution in [0.15, 0.2) is 17.1 Å². The highest BCUT2D eigenvalue weighted by Gasteiger charge is 2.16. The van der Waals surface area contributed by atoms with Gasteiger partial charge in [0.05, 0.1) is 6.20 Å². The quantitative estimate of drug-likeness (QED) is 0.676. The van der Waals surface area contributed by atoms with Crippen LogP contribution < -0.4 is 5.56 Å². The van der Waals surface area contributed by atoms with Crippen LogP contribution in [0.3, 0.4) is 0 Å². The van der Waals surface area contributed by atoms with E-state index in [1.807, 2.05) is 19.9 Å². The molecule has 0 fully saturated rings. The van der Waals surface area contributed by atoms with Gasteiger partial charge in [0.15, 0.2) is 11.4 Å². The molecule has 3 aromatic heterocycles. The number of aryl methyl sites for hydroxylation is 3. The Hall–Kier alpha value is -2.35. The largest absolute Gasteiger partial charge is 0.292 e. The summed E-state index contributed by atoms with van der Waals surface area (Å²) in [7, 11) is 1.68. The first kappa shape index (κ1) is 13.6. The van der Waals surface area contributed by atoms with E-state index >= 15 is 0 Å². The van der Waals surface area contributed by atoms with Gasteiger partial charge in [-0.15, -0.1) is 16.4 Å². The minimum absolute atomic E-state index is 0.117. The van der Waals surface area contributed by atoms with Crippen molar-refractivity contribution >= 4 is 28.2 Å². The van der Waals surface area contributed by atoms with Crippen molar-refractivity contribution in [1.29, 1.82) is 0 Å². The van der Waals surface area contributed by atoms with Crippen LogP contribution >= 0.6 is 11.3 Å². The number of aromatic nitrogens is 5. The summed E-state index contributed by atoms with van der Waals surface area (Å²) in [6.07, 6.45) is 1.44. The highest BCUT2D eigenvalue weighted by Crippen LogP contribution is 2.21. The third kappa shape index (κ3) is 2.27. The number of fused-ring (bicyclic) bond motifs is 1. The first-order valence-corrected chi connectivity index (χ1v) is 7.15. The van der Waals surface area contributed by atoms with E-state index in [1.165, 1.54) is 10.9 Å². The number of carbonyl (C=O) groups is 1. The average molecular weight is 303 g/mol. The molecule has 0 spiro atoms. The van der Waals surface area contributed by atoms with Crippen molar-refractivity contribution in [2.75, 3.05) is 0 Å². The molecule has 3 rings (SSSR count). The molecular weight excluding hydrogens is 290 g/mol. The normalized spacial score (nSPS) is 11.2. The molecule has 0 unspecified atom stereocenters. The molecule has 0 aliphatic heterocycles. The summed E-state index contributed by atoms with van der Waals surface area (Å²) in [5.41, 5.74) is 0.690. The molecule has 0 saturated heterocycles. The van der Waals surface area contributed by atoms with E-state index < -0.39 is 0 Å². The van der Waals surface area contributed by atoms with Crippen molar-refractivity contribution < 1.29 is 4.79 Å². The first-order valence-electron chi connectivity index (χ1n) is 6.33. The lowest BCUT2D eigenvalue weighted by Crippen LogP contribution is -2.27. The molecule has 0 aliphatic rings. The summed E-state index contributed by atoms with van der Waals surface area (Å²) in [5.74, 6) is -0.142. The highest BCUT2D eigenvalue weighted by molar-refractivity contribution is 7.12. The van der Waals surface area contributed by atoms with Gasteiger partial charge >= 0.3 is 0 Å². The Kier molecular flexibility index (Phi) is 3.17. The number of ketones is 1. The number of rotatable bonds is 3. The van der Waals surface area contributed by atoms with Gasteiger partial charge in [-0.25, -0.2) is 9.36 Å². The third-order valence-electron chi connectivity index (χ3n) is 3.25. The zero-order chi connectivity index (χ0) is 15.1. The molecule has 0 radical (unpaired) electrons. The highest BCUT2D eigenvalue weighted by atomic mass is 32.1. The van der Waals surface area contributed by atoms with Crippen molar-refractivity contribution in [3.8, 4) is 0 Å². The molecule has 0 N–H and O–H groups in total. The lowest BCUT2D eigenvalue weighted by Gasteiger charge is -2.02. The molecule has 108 valence electrons. The Morgan fingerprint density at radius 2 is 2.14 bits per heavy atom. The van der Waals surface area contributed by atoms with Gasteiger partial charge < -0.3 is 0 Å². The molecule has 0 bridgehead atoms. The molecule has 0 aromatic carbocycles. The van der Waals surface area contributed by atoms with Crippen LogP contribution in [0.2, 0.25) is 0 Å². The van der Waals surface area contributed by atoms with E-state index in [9.17, 15) is 9.59 Å². The molecule has 0 amide bonds. The zero-order valence-corrected chi connectivity index (χ0v) is 12.6. The Morgan fingerprint density at radius 1 is 1.38 bits per heavy atom. The monoisotopic (exact) mass is 303 g/mol. The summed E-state index contributed by atoms with van der Waals surface area (Å²) < 4.78 is 2.56. The van der Waals surface area contributed by atoms with Gasteiger partial charge in [-0.3, -0.25) is 9.59 Å². The Bertz CT molecular complexity index is 905. The van der Waals surface area contributed by atoms with Crippen molar-refractivity contribution in [2.24, 2.45) is 7.05 Å². The van der Waals surface area contributed by atoms with E-state index in [4.69, 9.17) is 0 Å². The first-order chi connectivity index (χ1) is 9.97. The molecule has 0 aliphatic carbocycles. The van der Waals surface area contributed by atoms with Crippen molar-refractivity contribution in [2.45, 2.75) is 20.4 Å². The SMILES string of the molecule is Cc1cc(C(=O)Cn2nnc3c(cnn3C)c2=O)c(C)s1. The second-order valence-corrected chi connectivity index (χ2v) is 6.27. The number of hydrogen-bond donors (Lipinski definition) is 0. The summed E-state index contributed by atoms with van der Waals surface area (Å²) in [6, 6.07) is 1.84. The minimum Gasteiger partial charge on any atom is -0.292 e. The Labute approximate surface area is 123 Å². The van der Waals surface area contributed by atoms with Crippen LogP contribution in [0, 0.1) is 13.8 Å². The van der Waals surface area contributed by atoms with Gasteiger partial charge in [0, 0.05) is 22.4 Å². The predicted octanol–water partition coefficient (Wildman–Crippen LogP) is 1.09. The molecule has 7 nitrogen and oxygen atoms in total. The van der Waals surface area contributed by atoms with Crippen LogP contribution in [0.1, 0.15) is 20.1 Å². The smallest absolute Gasteiger partial charge is 0.281 e. The van der Waals surface area contributed by atoms with Crippen molar-refractivity contribution in [1.82, 2.24) is 24.8 Å². The maximum absolute atomic E-state index is 12.3. The van der Waals surface area contributed by atoms with E-state index in [-0.39, 0.29) is 17.9 Å². The molecule has 3 heterocycles. The van der Waals surface area contributed by atoms with Crippen LogP contribution in [0.4, 0.5) is 0 Å². The van der Waals surface area contributed by atoms with Crippen LogP contribution in [-0.2, 0) is 13.6 Å². The summed E-state index contributed by atoms with van der Waals surface area (Å²) in [6.45, 7) is 3.72. The fourth-order valence-electron chi connectivity index (χ4n) is 2.21. The molecule has 0 atom stereocenters. The number of hydrogen-bond acceptors (Lipinski definition) is 6. The maximum atomic E-state index is 12.3. The van der Waals surface area contributed by atoms with Crippen molar-refractivity contribution in [3.05, 3.63) is 37.9 Å². The number of carbonyl (C=O) groups excluding carboxylic acids is 1. The van der Waals surface area contributed by atoms with Crippen molar-refractivity contribution in [3.63, 3.8) is 0 Å². The third-order valence-corrected chi connectivity index (χ3v) is 4.22. The van der Waals surface area contributed by atoms with Crippen LogP contribution in [0.25, 0.3) is 11.0 Å². The molecule has 21 heavy (non-hydrogen) atoms. The lowest BCUT2D eigenvalue weighted by molar-refractivity contribution is 0.0964. The lowest BCUT2D eigenvalue weighted by atomic mass is 10.1. The summed E-state index contributed by atoms with van der Waals surface area (Å²) in [5, 5.41) is 12.1. The van der Waals surface area contributed by atoms with Gasteiger partial charge in [-0.05, 0) is 19.9 Å². The Morgan fingerprint density at radius 3 is 2.81 bits per heavy atom. The summed E-state index contributed by atoms with van der Waals surface area (Å²) >= 11 is 1.56. The second-order valence-electron chi connectivity index (χ2n) is 4.81. The van der Waals surface area contributed by atoms with Gasteiger partial charge in [-0.1, -0.05) is 5.21 Å². The van der Waals surface area contributed by atoms with Crippen LogP contribution in [-0.4, -0.2) is 30.6 Å². The second kappa shape index (κ2) is 4.88. The topological polar surface area (TPSA) is 82.7 Å². The predicted molar refractivity (Wildman–Crippen MR) is 78.7 cm³/mol. The Balaban J connectivity index is 1.98. The molecule has 8 heteroatoms. The molecule has 0 saturated carbocycles. The number of nitrogens with zero attached hydrogens (tertiary/aromatic N) is 5. The van der Waals surface area contributed by atoms with E-state index in [2.05, 4.69) is 15.4 Å². The maximum Gasteiger partial charge on any atom is 0.281 e. The fourth-order valence-corrected chi connectivity index (χ4v) is 3.15. The summed E-state index contributed by atoms with van der Waals surface area (Å²) in [4.78, 5) is 26.6. The fraction of sp³-hybridized carbons (Fsp3) is 0.308. The van der Waals surface area contributed by atoms with Crippen LogP contribution in [0.5, 0.6) is 0 Å². The minimum atomic E-state index is -0.356. The van der Waals surface area contributed by atoms with E-state index in [0.717, 1.165) is 14.4 Å². The van der Waals surface area contributed by atoms with E-state index in [1.54, 1.807) is 18.4 Å². The average Bonchev–Trinajstić information content (AvgIpc) is 2.96. The number of Topliss-reactive ketones (excluding diaryl/α,β-unsaturated/α-hetero) is 1. The van der Waals surface area contributed by atoms with Gasteiger partial charge in [0.25, 0.3) is 5.56 Å². The molecular formula is C13H13N5O2S. The molecule has 3 aromatic rings. The van der Waals surface area contributed by atoms with E-state index in [0.29, 0.717) is 16.6 Å².